The Bertz CT molecular complexity index is 876. The minimum absolute atomic E-state index is 0.259. The van der Waals surface area contributed by atoms with Gasteiger partial charge >= 0.3 is 0 Å². The second kappa shape index (κ2) is 6.77. The van der Waals surface area contributed by atoms with Crippen molar-refractivity contribution < 1.29 is 9.59 Å². The fraction of sp³-hybridized carbons (Fsp3) is 0.143. The molecular weight excluding hydrogens is 312 g/mol. The average Bonchev–Trinajstić information content (AvgIpc) is 2.93. The molecule has 126 valence electrons. The maximum Gasteiger partial charge on any atom is 0.258 e. The molecule has 1 aliphatic rings. The predicted molar refractivity (Wildman–Crippen MR) is 99.4 cm³/mol. The summed E-state index contributed by atoms with van der Waals surface area (Å²) in [5.41, 5.74) is 4.91. The van der Waals surface area contributed by atoms with Crippen LogP contribution in [0.1, 0.15) is 16.7 Å². The van der Waals surface area contributed by atoms with Crippen LogP contribution in [-0.4, -0.2) is 31.2 Å². The van der Waals surface area contributed by atoms with E-state index in [4.69, 9.17) is 0 Å². The summed E-state index contributed by atoms with van der Waals surface area (Å²) >= 11 is 0. The Morgan fingerprint density at radius 3 is 2.20 bits per heavy atom. The molecule has 3 rings (SSSR count). The summed E-state index contributed by atoms with van der Waals surface area (Å²) in [5.74, 6) is -0.259. The monoisotopic (exact) mass is 332 g/mol. The minimum atomic E-state index is -0.259. The molecule has 0 fully saturated rings. The molecule has 0 aromatic heterocycles. The molecule has 1 heterocycles. The highest BCUT2D eigenvalue weighted by molar-refractivity contribution is 6.21. The Labute approximate surface area is 147 Å². The van der Waals surface area contributed by atoms with E-state index in [1.54, 1.807) is 0 Å². The second-order valence-electron chi connectivity index (χ2n) is 6.21. The number of rotatable bonds is 4. The third-order valence-corrected chi connectivity index (χ3v) is 4.19. The first kappa shape index (κ1) is 16.7. The van der Waals surface area contributed by atoms with Crippen LogP contribution in [-0.2, 0) is 9.59 Å². The summed E-state index contributed by atoms with van der Waals surface area (Å²) < 4.78 is 0. The van der Waals surface area contributed by atoms with Crippen LogP contribution in [0.2, 0.25) is 0 Å². The van der Waals surface area contributed by atoms with Gasteiger partial charge in [0, 0.05) is 14.1 Å². The van der Waals surface area contributed by atoms with Gasteiger partial charge in [-0.15, -0.1) is 0 Å². The molecular formula is C21H20N2O2. The number of hydrogen-bond donors (Lipinski definition) is 1. The summed E-state index contributed by atoms with van der Waals surface area (Å²) in [6, 6.07) is 17.4. The molecule has 1 aliphatic heterocycles. The van der Waals surface area contributed by atoms with E-state index in [1.165, 1.54) is 0 Å². The van der Waals surface area contributed by atoms with E-state index >= 15 is 0 Å². The molecule has 4 heteroatoms. The number of aldehydes is 1. The Hall–Kier alpha value is -3.14. The molecule has 0 saturated carbocycles. The average molecular weight is 332 g/mol. The van der Waals surface area contributed by atoms with Crippen LogP contribution in [0.5, 0.6) is 0 Å². The number of aryl methyl sites for hydroxylation is 1. The van der Waals surface area contributed by atoms with Crippen molar-refractivity contribution in [2.24, 2.45) is 0 Å². The van der Waals surface area contributed by atoms with Crippen molar-refractivity contribution in [3.05, 3.63) is 82.4 Å². The molecule has 0 bridgehead atoms. The molecule has 0 unspecified atom stereocenters. The highest BCUT2D eigenvalue weighted by Gasteiger charge is 2.32. The minimum Gasteiger partial charge on any atom is -0.377 e. The van der Waals surface area contributed by atoms with Gasteiger partial charge in [-0.2, -0.15) is 0 Å². The molecule has 0 atom stereocenters. The Morgan fingerprint density at radius 1 is 1.00 bits per heavy atom. The third kappa shape index (κ3) is 3.11. The summed E-state index contributed by atoms with van der Waals surface area (Å²) in [6.07, 6.45) is 0.759. The zero-order valence-electron chi connectivity index (χ0n) is 14.5. The first-order valence-corrected chi connectivity index (χ1v) is 8.08. The SMILES string of the molecule is Cc1ccc(C2=C(C=O)/C(=C(/c3ccccc3)N(C)C)C(=O)N2)cc1. The van der Waals surface area contributed by atoms with Crippen molar-refractivity contribution in [1.29, 1.82) is 0 Å². The smallest absolute Gasteiger partial charge is 0.258 e. The largest absolute Gasteiger partial charge is 0.377 e. The third-order valence-electron chi connectivity index (χ3n) is 4.19. The highest BCUT2D eigenvalue weighted by Crippen LogP contribution is 2.33. The van der Waals surface area contributed by atoms with E-state index in [0.717, 1.165) is 28.7 Å². The zero-order valence-corrected chi connectivity index (χ0v) is 14.5. The number of hydrogen-bond acceptors (Lipinski definition) is 3. The Balaban J connectivity index is 2.24. The predicted octanol–water partition coefficient (Wildman–Crippen LogP) is 3.01. The van der Waals surface area contributed by atoms with Gasteiger partial charge in [0.25, 0.3) is 5.91 Å². The highest BCUT2D eigenvalue weighted by atomic mass is 16.2. The lowest BCUT2D eigenvalue weighted by Gasteiger charge is -2.20. The molecule has 2 aromatic rings. The van der Waals surface area contributed by atoms with E-state index < -0.39 is 0 Å². The van der Waals surface area contributed by atoms with Crippen LogP contribution in [0.25, 0.3) is 11.4 Å². The van der Waals surface area contributed by atoms with Gasteiger partial charge in [0.05, 0.1) is 22.5 Å². The number of carbonyl (C=O) groups is 2. The molecule has 0 spiro atoms. The maximum atomic E-state index is 12.7. The van der Waals surface area contributed by atoms with Gasteiger partial charge in [-0.3, -0.25) is 9.59 Å². The molecule has 25 heavy (non-hydrogen) atoms. The van der Waals surface area contributed by atoms with E-state index in [2.05, 4.69) is 5.32 Å². The van der Waals surface area contributed by atoms with Gasteiger partial charge in [-0.05, 0) is 18.1 Å². The summed E-state index contributed by atoms with van der Waals surface area (Å²) in [6.45, 7) is 2.00. The van der Waals surface area contributed by atoms with Crippen molar-refractivity contribution >= 4 is 23.6 Å². The van der Waals surface area contributed by atoms with Crippen molar-refractivity contribution in [3.8, 4) is 0 Å². The fourth-order valence-corrected chi connectivity index (χ4v) is 3.01. The quantitative estimate of drug-likeness (QED) is 0.692. The van der Waals surface area contributed by atoms with Crippen LogP contribution in [0.4, 0.5) is 0 Å². The van der Waals surface area contributed by atoms with E-state index in [0.29, 0.717) is 16.8 Å². The van der Waals surface area contributed by atoms with Crippen LogP contribution in [0.3, 0.4) is 0 Å². The van der Waals surface area contributed by atoms with Gasteiger partial charge in [0.2, 0.25) is 0 Å². The topological polar surface area (TPSA) is 49.4 Å². The molecule has 0 saturated heterocycles. The van der Waals surface area contributed by atoms with Gasteiger partial charge in [-0.1, -0.05) is 60.2 Å². The maximum absolute atomic E-state index is 12.7. The number of amides is 1. The van der Waals surface area contributed by atoms with Gasteiger partial charge in [0.1, 0.15) is 0 Å². The Kier molecular flexibility index (Phi) is 4.52. The van der Waals surface area contributed by atoms with E-state index in [1.807, 2.05) is 80.5 Å². The number of nitrogens with one attached hydrogen (secondary N) is 1. The standard InChI is InChI=1S/C21H20N2O2/c1-14-9-11-15(12-10-14)19-17(13-24)18(21(25)22-19)20(23(2)3)16-7-5-4-6-8-16/h4-13H,1-3H3,(H,22,25)/b20-18+. The normalized spacial score (nSPS) is 15.9. The van der Waals surface area contributed by atoms with Crippen molar-refractivity contribution in [2.45, 2.75) is 6.92 Å². The molecule has 4 nitrogen and oxygen atoms in total. The molecule has 0 radical (unpaired) electrons. The second-order valence-corrected chi connectivity index (χ2v) is 6.21. The molecule has 2 aromatic carbocycles. The summed E-state index contributed by atoms with van der Waals surface area (Å²) in [4.78, 5) is 26.5. The lowest BCUT2D eigenvalue weighted by atomic mass is 9.98. The van der Waals surface area contributed by atoms with Crippen LogP contribution in [0, 0.1) is 6.92 Å². The van der Waals surface area contributed by atoms with Gasteiger partial charge < -0.3 is 10.2 Å². The van der Waals surface area contributed by atoms with Crippen LogP contribution in [0.15, 0.2) is 65.7 Å². The molecule has 0 aliphatic carbocycles. The van der Waals surface area contributed by atoms with E-state index in [-0.39, 0.29) is 5.91 Å². The first-order chi connectivity index (χ1) is 12.0. The van der Waals surface area contributed by atoms with Gasteiger partial charge in [0.15, 0.2) is 6.29 Å². The lowest BCUT2D eigenvalue weighted by Crippen LogP contribution is -2.20. The Morgan fingerprint density at radius 2 is 1.64 bits per heavy atom. The number of benzene rings is 2. The number of carbonyl (C=O) groups excluding carboxylic acids is 2. The van der Waals surface area contributed by atoms with Crippen LogP contribution >= 0.6 is 0 Å². The van der Waals surface area contributed by atoms with E-state index in [9.17, 15) is 9.59 Å². The van der Waals surface area contributed by atoms with Crippen molar-refractivity contribution in [1.82, 2.24) is 10.2 Å². The van der Waals surface area contributed by atoms with Gasteiger partial charge in [-0.25, -0.2) is 0 Å². The summed E-state index contributed by atoms with van der Waals surface area (Å²) in [5, 5.41) is 2.87. The van der Waals surface area contributed by atoms with Crippen molar-refractivity contribution in [2.75, 3.05) is 14.1 Å². The van der Waals surface area contributed by atoms with Crippen molar-refractivity contribution in [3.63, 3.8) is 0 Å². The summed E-state index contributed by atoms with van der Waals surface area (Å²) in [7, 11) is 3.74. The molecule has 1 N–H and O–H groups in total. The zero-order chi connectivity index (χ0) is 18.0. The van der Waals surface area contributed by atoms with Crippen LogP contribution < -0.4 is 5.32 Å². The number of nitrogens with zero attached hydrogens (tertiary/aromatic N) is 1. The molecule has 1 amide bonds. The first-order valence-electron chi connectivity index (χ1n) is 8.08. The fourth-order valence-electron chi connectivity index (χ4n) is 3.01. The lowest BCUT2D eigenvalue weighted by molar-refractivity contribution is -0.116.